The zero-order valence-corrected chi connectivity index (χ0v) is 7.99. The van der Waals surface area contributed by atoms with E-state index in [0.29, 0.717) is 5.92 Å². The van der Waals surface area contributed by atoms with E-state index in [1.54, 1.807) is 0 Å². The van der Waals surface area contributed by atoms with Gasteiger partial charge in [-0.15, -0.1) is 0 Å². The number of hydrogen-bond donors (Lipinski definition) is 0. The topological polar surface area (TPSA) is 12.9 Å². The van der Waals surface area contributed by atoms with Gasteiger partial charge in [-0.05, 0) is 17.4 Å². The highest BCUT2D eigenvalue weighted by Gasteiger charge is 2.00. The van der Waals surface area contributed by atoms with Gasteiger partial charge in [-0.3, -0.25) is 4.98 Å². The van der Waals surface area contributed by atoms with Crippen LogP contribution in [0, 0.1) is 0 Å². The summed E-state index contributed by atoms with van der Waals surface area (Å²) in [6, 6.07) is 10.5. The second kappa shape index (κ2) is 3.17. The maximum absolute atomic E-state index is 4.41. The fraction of sp³-hybridized carbons (Fsp3) is 0.250. The predicted octanol–water partition coefficient (Wildman–Crippen LogP) is 3.36. The van der Waals surface area contributed by atoms with Gasteiger partial charge in [0.25, 0.3) is 0 Å². The minimum atomic E-state index is 0.504. The third-order valence-corrected chi connectivity index (χ3v) is 2.24. The lowest BCUT2D eigenvalue weighted by atomic mass is 10.1. The minimum Gasteiger partial charge on any atom is -0.260 e. The van der Waals surface area contributed by atoms with Gasteiger partial charge in [-0.2, -0.15) is 0 Å². The molecule has 0 aliphatic rings. The summed E-state index contributed by atoms with van der Waals surface area (Å²) in [7, 11) is 0. The first-order chi connectivity index (χ1) is 6.27. The Kier molecular flexibility index (Phi) is 2.01. The smallest absolute Gasteiger partial charge is 0.0435 e. The van der Waals surface area contributed by atoms with Crippen molar-refractivity contribution >= 4 is 10.8 Å². The summed E-state index contributed by atoms with van der Waals surface area (Å²) in [5.41, 5.74) is 1.17. The first-order valence-corrected chi connectivity index (χ1v) is 4.62. The van der Waals surface area contributed by atoms with Crippen LogP contribution in [0.1, 0.15) is 25.5 Å². The maximum atomic E-state index is 4.41. The van der Waals surface area contributed by atoms with E-state index in [0.717, 1.165) is 0 Å². The fourth-order valence-electron chi connectivity index (χ4n) is 1.42. The van der Waals surface area contributed by atoms with Gasteiger partial charge >= 0.3 is 0 Å². The monoisotopic (exact) mass is 171 g/mol. The van der Waals surface area contributed by atoms with E-state index in [2.05, 4.69) is 43.1 Å². The molecule has 66 valence electrons. The first-order valence-electron chi connectivity index (χ1n) is 4.62. The molecule has 0 N–H and O–H groups in total. The largest absolute Gasteiger partial charge is 0.260 e. The molecule has 0 saturated carbocycles. The quantitative estimate of drug-likeness (QED) is 0.641. The zero-order chi connectivity index (χ0) is 9.26. The summed E-state index contributed by atoms with van der Waals surface area (Å²) in [5.74, 6) is 0.504. The average molecular weight is 171 g/mol. The highest BCUT2D eigenvalue weighted by Crippen LogP contribution is 2.18. The van der Waals surface area contributed by atoms with Crippen LogP contribution in [0.15, 0.2) is 36.5 Å². The number of benzene rings is 1. The van der Waals surface area contributed by atoms with Crippen LogP contribution in [0.5, 0.6) is 0 Å². The Labute approximate surface area is 78.4 Å². The highest BCUT2D eigenvalue weighted by molar-refractivity contribution is 5.81. The number of fused-ring (bicyclic) bond motifs is 1. The number of nitrogens with zero attached hydrogens (tertiary/aromatic N) is 1. The summed E-state index contributed by atoms with van der Waals surface area (Å²) in [6.07, 6.45) is 1.95. The number of pyridine rings is 1. The molecule has 0 spiro atoms. The van der Waals surface area contributed by atoms with Crippen LogP contribution in [0.2, 0.25) is 0 Å². The molecule has 1 heterocycles. The van der Waals surface area contributed by atoms with Crippen molar-refractivity contribution in [3.8, 4) is 0 Å². The number of hydrogen-bond acceptors (Lipinski definition) is 1. The molecular weight excluding hydrogens is 158 g/mol. The molecule has 0 unspecified atom stereocenters. The van der Waals surface area contributed by atoms with Crippen molar-refractivity contribution in [2.75, 3.05) is 0 Å². The minimum absolute atomic E-state index is 0.504. The Morgan fingerprint density at radius 3 is 2.46 bits per heavy atom. The SMILES string of the molecule is CC(C)c1cc2ccccc2cn1. The average Bonchev–Trinajstić information content (AvgIpc) is 2.17. The highest BCUT2D eigenvalue weighted by atomic mass is 14.7. The lowest BCUT2D eigenvalue weighted by Crippen LogP contribution is -1.91. The summed E-state index contributed by atoms with van der Waals surface area (Å²) in [6.45, 7) is 4.33. The Morgan fingerprint density at radius 1 is 1.08 bits per heavy atom. The third-order valence-electron chi connectivity index (χ3n) is 2.24. The molecule has 0 saturated heterocycles. The van der Waals surface area contributed by atoms with Crippen LogP contribution in [-0.4, -0.2) is 4.98 Å². The summed E-state index contributed by atoms with van der Waals surface area (Å²) >= 11 is 0. The van der Waals surface area contributed by atoms with E-state index < -0.39 is 0 Å². The third kappa shape index (κ3) is 1.55. The molecule has 0 aliphatic heterocycles. The van der Waals surface area contributed by atoms with E-state index >= 15 is 0 Å². The van der Waals surface area contributed by atoms with E-state index in [-0.39, 0.29) is 0 Å². The van der Waals surface area contributed by atoms with Crippen LogP contribution in [0.4, 0.5) is 0 Å². The Morgan fingerprint density at radius 2 is 1.77 bits per heavy atom. The molecule has 1 nitrogen and oxygen atoms in total. The molecule has 0 bridgehead atoms. The van der Waals surface area contributed by atoms with Crippen LogP contribution in [-0.2, 0) is 0 Å². The van der Waals surface area contributed by atoms with Gasteiger partial charge in [-0.1, -0.05) is 38.1 Å². The predicted molar refractivity (Wildman–Crippen MR) is 55.8 cm³/mol. The van der Waals surface area contributed by atoms with Gasteiger partial charge in [0.1, 0.15) is 0 Å². The van der Waals surface area contributed by atoms with E-state index in [1.807, 2.05) is 12.3 Å². The van der Waals surface area contributed by atoms with Crippen molar-refractivity contribution in [1.82, 2.24) is 4.98 Å². The van der Waals surface area contributed by atoms with E-state index in [1.165, 1.54) is 16.5 Å². The molecule has 0 fully saturated rings. The number of rotatable bonds is 1. The second-order valence-corrected chi connectivity index (χ2v) is 3.61. The molecule has 2 rings (SSSR count). The zero-order valence-electron chi connectivity index (χ0n) is 7.99. The van der Waals surface area contributed by atoms with Gasteiger partial charge < -0.3 is 0 Å². The molecule has 0 amide bonds. The summed E-state index contributed by atoms with van der Waals surface area (Å²) < 4.78 is 0. The molecule has 1 aromatic carbocycles. The molecule has 13 heavy (non-hydrogen) atoms. The second-order valence-electron chi connectivity index (χ2n) is 3.61. The molecule has 0 aliphatic carbocycles. The molecule has 1 heteroatoms. The first kappa shape index (κ1) is 8.24. The van der Waals surface area contributed by atoms with Crippen molar-refractivity contribution in [1.29, 1.82) is 0 Å². The number of aromatic nitrogens is 1. The normalized spacial score (nSPS) is 11.0. The molecular formula is C12H13N. The van der Waals surface area contributed by atoms with E-state index in [9.17, 15) is 0 Å². The van der Waals surface area contributed by atoms with Gasteiger partial charge in [0.2, 0.25) is 0 Å². The van der Waals surface area contributed by atoms with Gasteiger partial charge in [-0.25, -0.2) is 0 Å². The Bertz CT molecular complexity index is 418. The molecule has 2 aromatic rings. The summed E-state index contributed by atoms with van der Waals surface area (Å²) in [4.78, 5) is 4.41. The Hall–Kier alpha value is -1.37. The Balaban J connectivity index is 2.62. The standard InChI is InChI=1S/C12H13N/c1-9(2)12-7-10-5-3-4-6-11(10)8-13-12/h3-9H,1-2H3. The lowest BCUT2D eigenvalue weighted by Gasteiger charge is -2.04. The van der Waals surface area contributed by atoms with Crippen molar-refractivity contribution in [3.63, 3.8) is 0 Å². The van der Waals surface area contributed by atoms with Crippen LogP contribution < -0.4 is 0 Å². The van der Waals surface area contributed by atoms with Crippen LogP contribution >= 0.6 is 0 Å². The van der Waals surface area contributed by atoms with Gasteiger partial charge in [0.05, 0.1) is 0 Å². The van der Waals surface area contributed by atoms with Gasteiger partial charge in [0, 0.05) is 17.3 Å². The maximum Gasteiger partial charge on any atom is 0.0435 e. The van der Waals surface area contributed by atoms with Crippen LogP contribution in [0.25, 0.3) is 10.8 Å². The van der Waals surface area contributed by atoms with Crippen molar-refractivity contribution in [3.05, 3.63) is 42.2 Å². The van der Waals surface area contributed by atoms with Crippen molar-refractivity contribution < 1.29 is 0 Å². The van der Waals surface area contributed by atoms with Crippen molar-refractivity contribution in [2.24, 2.45) is 0 Å². The van der Waals surface area contributed by atoms with Crippen LogP contribution in [0.3, 0.4) is 0 Å². The molecule has 0 atom stereocenters. The van der Waals surface area contributed by atoms with E-state index in [4.69, 9.17) is 0 Å². The lowest BCUT2D eigenvalue weighted by molar-refractivity contribution is 0.826. The molecule has 0 radical (unpaired) electrons. The summed E-state index contributed by atoms with van der Waals surface area (Å²) in [5, 5.41) is 2.49. The van der Waals surface area contributed by atoms with Crippen molar-refractivity contribution in [2.45, 2.75) is 19.8 Å². The fourth-order valence-corrected chi connectivity index (χ4v) is 1.42. The molecule has 1 aromatic heterocycles. The van der Waals surface area contributed by atoms with Gasteiger partial charge in [0.15, 0.2) is 0 Å².